The summed E-state index contributed by atoms with van der Waals surface area (Å²) >= 11 is 0. The molecule has 3 rings (SSSR count). The van der Waals surface area contributed by atoms with E-state index < -0.39 is 0 Å². The maximum Gasteiger partial charge on any atom is 0.409 e. The second-order valence-electron chi connectivity index (χ2n) is 5.81. The van der Waals surface area contributed by atoms with E-state index in [-0.39, 0.29) is 12.0 Å². The van der Waals surface area contributed by atoms with Gasteiger partial charge in [-0.1, -0.05) is 12.1 Å². The maximum atomic E-state index is 12.4. The maximum absolute atomic E-state index is 12.4. The lowest BCUT2D eigenvalue weighted by molar-refractivity contribution is 0.102. The summed E-state index contributed by atoms with van der Waals surface area (Å²) in [5, 5.41) is 2.89. The molecule has 2 aromatic carbocycles. The number of amides is 2. The summed E-state index contributed by atoms with van der Waals surface area (Å²) in [5.74, 6) is 0.422. The zero-order valence-electron chi connectivity index (χ0n) is 14.2. The van der Waals surface area contributed by atoms with Crippen molar-refractivity contribution in [2.24, 2.45) is 0 Å². The molecule has 0 atom stereocenters. The molecule has 2 amide bonds. The van der Waals surface area contributed by atoms with Crippen LogP contribution in [-0.2, 0) is 17.7 Å². The predicted octanol–water partition coefficient (Wildman–Crippen LogP) is 3.07. The van der Waals surface area contributed by atoms with Gasteiger partial charge in [0.25, 0.3) is 5.91 Å². The van der Waals surface area contributed by atoms with Crippen molar-refractivity contribution in [3.63, 3.8) is 0 Å². The number of benzene rings is 2. The van der Waals surface area contributed by atoms with Gasteiger partial charge in [-0.3, -0.25) is 4.79 Å². The lowest BCUT2D eigenvalue weighted by atomic mass is 9.99. The van der Waals surface area contributed by atoms with Crippen LogP contribution in [0.15, 0.2) is 42.5 Å². The molecule has 6 heteroatoms. The first-order valence-electron chi connectivity index (χ1n) is 8.01. The largest absolute Gasteiger partial charge is 0.497 e. The van der Waals surface area contributed by atoms with Crippen molar-refractivity contribution in [3.05, 3.63) is 59.2 Å². The van der Waals surface area contributed by atoms with Crippen molar-refractivity contribution in [3.8, 4) is 5.75 Å². The van der Waals surface area contributed by atoms with E-state index in [0.29, 0.717) is 30.1 Å². The zero-order valence-corrected chi connectivity index (χ0v) is 14.2. The van der Waals surface area contributed by atoms with Gasteiger partial charge in [0.1, 0.15) is 5.75 Å². The number of hydrogen-bond acceptors (Lipinski definition) is 4. The van der Waals surface area contributed by atoms with E-state index in [1.165, 1.54) is 12.7 Å². The Kier molecular flexibility index (Phi) is 4.88. The molecule has 1 N–H and O–H groups in total. The number of anilines is 1. The van der Waals surface area contributed by atoms with Crippen LogP contribution in [-0.4, -0.2) is 37.7 Å². The smallest absolute Gasteiger partial charge is 0.409 e. The molecule has 0 fully saturated rings. The number of rotatable bonds is 3. The highest BCUT2D eigenvalue weighted by atomic mass is 16.5. The van der Waals surface area contributed by atoms with Crippen molar-refractivity contribution < 1.29 is 19.1 Å². The highest BCUT2D eigenvalue weighted by Crippen LogP contribution is 2.24. The summed E-state index contributed by atoms with van der Waals surface area (Å²) in [4.78, 5) is 25.8. The number of carbonyl (C=O) groups is 2. The first-order chi connectivity index (χ1) is 12.1. The number of nitrogens with one attached hydrogen (secondary N) is 1. The van der Waals surface area contributed by atoms with Crippen LogP contribution in [0.3, 0.4) is 0 Å². The van der Waals surface area contributed by atoms with Crippen LogP contribution >= 0.6 is 0 Å². The molecule has 0 aliphatic carbocycles. The fourth-order valence-electron chi connectivity index (χ4n) is 2.89. The van der Waals surface area contributed by atoms with Crippen molar-refractivity contribution in [1.82, 2.24) is 4.90 Å². The molecule has 0 saturated carbocycles. The van der Waals surface area contributed by atoms with Gasteiger partial charge in [0, 0.05) is 24.3 Å². The Balaban J connectivity index is 1.76. The fraction of sp³-hybridized carbons (Fsp3) is 0.263. The molecule has 0 aromatic heterocycles. The van der Waals surface area contributed by atoms with Crippen molar-refractivity contribution in [1.29, 1.82) is 0 Å². The van der Waals surface area contributed by atoms with Gasteiger partial charge >= 0.3 is 6.09 Å². The van der Waals surface area contributed by atoms with Gasteiger partial charge in [0.2, 0.25) is 0 Å². The van der Waals surface area contributed by atoms with Crippen molar-refractivity contribution in [2.75, 3.05) is 26.1 Å². The Morgan fingerprint density at radius 1 is 1.08 bits per heavy atom. The minimum atomic E-state index is -0.337. The molecule has 1 aliphatic heterocycles. The number of fused-ring (bicyclic) bond motifs is 1. The first-order valence-corrected chi connectivity index (χ1v) is 8.01. The fourth-order valence-corrected chi connectivity index (χ4v) is 2.89. The van der Waals surface area contributed by atoms with Crippen molar-refractivity contribution in [2.45, 2.75) is 13.0 Å². The Labute approximate surface area is 146 Å². The summed E-state index contributed by atoms with van der Waals surface area (Å²) < 4.78 is 9.93. The van der Waals surface area contributed by atoms with Crippen molar-refractivity contribution >= 4 is 17.7 Å². The van der Waals surface area contributed by atoms with E-state index in [1.54, 1.807) is 36.3 Å². The molecule has 1 aliphatic rings. The number of nitrogens with zero attached hydrogens (tertiary/aromatic N) is 1. The molecule has 0 saturated heterocycles. The Morgan fingerprint density at radius 3 is 2.68 bits per heavy atom. The quantitative estimate of drug-likeness (QED) is 0.932. The minimum absolute atomic E-state index is 0.209. The Morgan fingerprint density at radius 2 is 1.92 bits per heavy atom. The van der Waals surface area contributed by atoms with Gasteiger partial charge in [0.15, 0.2) is 0 Å². The predicted molar refractivity (Wildman–Crippen MR) is 93.9 cm³/mol. The third-order valence-corrected chi connectivity index (χ3v) is 4.24. The molecule has 2 aromatic rings. The van der Waals surface area contributed by atoms with E-state index in [9.17, 15) is 9.59 Å². The highest BCUT2D eigenvalue weighted by molar-refractivity contribution is 6.04. The number of methoxy groups -OCH3 is 2. The molecule has 0 radical (unpaired) electrons. The van der Waals surface area contributed by atoms with Gasteiger partial charge in [-0.2, -0.15) is 0 Å². The SMILES string of the molecule is COC(=O)N1CCc2ccc(NC(=O)c3cccc(OC)c3)cc2C1. The molecule has 0 unspecified atom stereocenters. The molecule has 1 heterocycles. The summed E-state index contributed by atoms with van der Waals surface area (Å²) in [5.41, 5.74) is 3.41. The number of carbonyl (C=O) groups excluding carboxylic acids is 2. The standard InChI is InChI=1S/C19H20N2O4/c1-24-17-5-3-4-14(11-17)18(22)20-16-7-6-13-8-9-21(19(23)25-2)12-15(13)10-16/h3-7,10-11H,8-9,12H2,1-2H3,(H,20,22). The molecular weight excluding hydrogens is 320 g/mol. The van der Waals surface area contributed by atoms with Gasteiger partial charge in [-0.15, -0.1) is 0 Å². The van der Waals surface area contributed by atoms with Gasteiger partial charge in [-0.25, -0.2) is 4.79 Å². The van der Waals surface area contributed by atoms with E-state index in [0.717, 1.165) is 12.0 Å². The van der Waals surface area contributed by atoms with Crippen LogP contribution in [0.4, 0.5) is 10.5 Å². The molecule has 130 valence electrons. The van der Waals surface area contributed by atoms with Gasteiger partial charge in [0.05, 0.1) is 14.2 Å². The Bertz CT molecular complexity index is 804. The first kappa shape index (κ1) is 16.8. The zero-order chi connectivity index (χ0) is 17.8. The topological polar surface area (TPSA) is 67.9 Å². The summed E-state index contributed by atoms with van der Waals surface area (Å²) in [6.07, 6.45) is 0.436. The van der Waals surface area contributed by atoms with Crippen LogP contribution in [0.2, 0.25) is 0 Å². The van der Waals surface area contributed by atoms with E-state index in [1.807, 2.05) is 18.2 Å². The van der Waals surface area contributed by atoms with E-state index >= 15 is 0 Å². The summed E-state index contributed by atoms with van der Waals surface area (Å²) in [6.45, 7) is 1.11. The number of hydrogen-bond donors (Lipinski definition) is 1. The van der Waals surface area contributed by atoms with E-state index in [2.05, 4.69) is 5.32 Å². The third kappa shape index (κ3) is 3.74. The molecule has 0 bridgehead atoms. The molecule has 0 spiro atoms. The van der Waals surface area contributed by atoms with Crippen LogP contribution in [0.1, 0.15) is 21.5 Å². The Hall–Kier alpha value is -3.02. The lowest BCUT2D eigenvalue weighted by Gasteiger charge is -2.28. The average molecular weight is 340 g/mol. The normalized spacial score (nSPS) is 13.0. The van der Waals surface area contributed by atoms with Gasteiger partial charge < -0.3 is 19.7 Å². The second kappa shape index (κ2) is 7.25. The average Bonchev–Trinajstić information content (AvgIpc) is 2.66. The minimum Gasteiger partial charge on any atom is -0.497 e. The molecule has 6 nitrogen and oxygen atoms in total. The van der Waals surface area contributed by atoms with Crippen LogP contribution in [0.25, 0.3) is 0 Å². The third-order valence-electron chi connectivity index (χ3n) is 4.24. The monoisotopic (exact) mass is 340 g/mol. The highest BCUT2D eigenvalue weighted by Gasteiger charge is 2.21. The molecule has 25 heavy (non-hydrogen) atoms. The number of ether oxygens (including phenoxy) is 2. The second-order valence-corrected chi connectivity index (χ2v) is 5.81. The molecular formula is C19H20N2O4. The van der Waals surface area contributed by atoms with E-state index in [4.69, 9.17) is 9.47 Å². The van der Waals surface area contributed by atoms with Crippen LogP contribution < -0.4 is 10.1 Å². The van der Waals surface area contributed by atoms with Crippen LogP contribution in [0, 0.1) is 0 Å². The lowest BCUT2D eigenvalue weighted by Crippen LogP contribution is -2.35. The van der Waals surface area contributed by atoms with Crippen LogP contribution in [0.5, 0.6) is 5.75 Å². The van der Waals surface area contributed by atoms with Gasteiger partial charge in [-0.05, 0) is 47.9 Å². The summed E-state index contributed by atoms with van der Waals surface area (Å²) in [7, 11) is 2.94. The summed E-state index contributed by atoms with van der Waals surface area (Å²) in [6, 6.07) is 12.8.